The quantitative estimate of drug-likeness (QED) is 0.540. The fourth-order valence-electron chi connectivity index (χ4n) is 5.44. The summed E-state index contributed by atoms with van der Waals surface area (Å²) in [6.07, 6.45) is 2.29. The van der Waals surface area contributed by atoms with Gasteiger partial charge in [-0.05, 0) is 55.5 Å². The van der Waals surface area contributed by atoms with Gasteiger partial charge in [-0.25, -0.2) is 0 Å². The van der Waals surface area contributed by atoms with Gasteiger partial charge in [0.25, 0.3) is 5.91 Å². The lowest BCUT2D eigenvalue weighted by Gasteiger charge is -2.51. The van der Waals surface area contributed by atoms with E-state index < -0.39 is 5.54 Å². The molecule has 6 nitrogen and oxygen atoms in total. The maximum Gasteiger partial charge on any atom is 0.254 e. The SMILES string of the molecule is CC12C(=O)N(CCCCCO)CC(=O)N1CC(c1ccc(Cl)cc1)c1c2[nH]c2ccccc12. The molecule has 1 aromatic heterocycles. The lowest BCUT2D eigenvalue weighted by molar-refractivity contribution is -0.166. The molecular weight excluding hydrogens is 438 g/mol. The number of hydrogen-bond donors (Lipinski definition) is 2. The first-order valence-electron chi connectivity index (χ1n) is 11.5. The zero-order valence-corrected chi connectivity index (χ0v) is 19.4. The molecular formula is C26H28ClN3O3. The highest BCUT2D eigenvalue weighted by atomic mass is 35.5. The van der Waals surface area contributed by atoms with Crippen molar-refractivity contribution in [2.45, 2.75) is 37.6 Å². The molecule has 2 unspecified atom stereocenters. The summed E-state index contributed by atoms with van der Waals surface area (Å²) >= 11 is 6.14. The Labute approximate surface area is 198 Å². The van der Waals surface area contributed by atoms with Crippen LogP contribution >= 0.6 is 11.6 Å². The van der Waals surface area contributed by atoms with Crippen molar-refractivity contribution in [3.8, 4) is 0 Å². The fourth-order valence-corrected chi connectivity index (χ4v) is 5.57. The third kappa shape index (κ3) is 3.52. The number of rotatable bonds is 6. The molecule has 0 spiro atoms. The molecule has 0 bridgehead atoms. The summed E-state index contributed by atoms with van der Waals surface area (Å²) in [5, 5.41) is 10.8. The van der Waals surface area contributed by atoms with Gasteiger partial charge in [0.2, 0.25) is 5.91 Å². The number of carbonyl (C=O) groups is 2. The van der Waals surface area contributed by atoms with Crippen LogP contribution in [0.3, 0.4) is 0 Å². The highest BCUT2D eigenvalue weighted by Gasteiger charge is 2.56. The number of aliphatic hydroxyl groups excluding tert-OH is 1. The van der Waals surface area contributed by atoms with Crippen molar-refractivity contribution in [1.29, 1.82) is 0 Å². The molecule has 7 heteroatoms. The van der Waals surface area contributed by atoms with Crippen LogP contribution in [0.5, 0.6) is 0 Å². The lowest BCUT2D eigenvalue weighted by Crippen LogP contribution is -2.67. The molecule has 1 fully saturated rings. The minimum absolute atomic E-state index is 0.0393. The number of fused-ring (bicyclic) bond motifs is 5. The number of hydrogen-bond acceptors (Lipinski definition) is 3. The van der Waals surface area contributed by atoms with Crippen LogP contribution in [0.15, 0.2) is 48.5 Å². The van der Waals surface area contributed by atoms with Gasteiger partial charge in [-0.3, -0.25) is 9.59 Å². The number of aromatic amines is 1. The van der Waals surface area contributed by atoms with Crippen molar-refractivity contribution in [1.82, 2.24) is 14.8 Å². The number of nitrogens with zero attached hydrogens (tertiary/aromatic N) is 2. The summed E-state index contributed by atoms with van der Waals surface area (Å²) < 4.78 is 0. The number of benzene rings is 2. The molecule has 2 aliphatic rings. The Hall–Kier alpha value is -2.83. The zero-order chi connectivity index (χ0) is 23.2. The van der Waals surface area contributed by atoms with Crippen molar-refractivity contribution in [3.63, 3.8) is 0 Å². The van der Waals surface area contributed by atoms with Crippen LogP contribution < -0.4 is 0 Å². The van der Waals surface area contributed by atoms with Gasteiger partial charge >= 0.3 is 0 Å². The summed E-state index contributed by atoms with van der Waals surface area (Å²) in [6.45, 7) is 3.07. The second-order valence-corrected chi connectivity index (χ2v) is 9.59. The molecule has 1 saturated heterocycles. The number of para-hydroxylation sites is 1. The summed E-state index contributed by atoms with van der Waals surface area (Å²) in [7, 11) is 0. The molecule has 0 aliphatic carbocycles. The molecule has 172 valence electrons. The molecule has 2 aliphatic heterocycles. The van der Waals surface area contributed by atoms with E-state index in [0.29, 0.717) is 24.5 Å². The van der Waals surface area contributed by atoms with E-state index in [2.05, 4.69) is 11.1 Å². The maximum atomic E-state index is 13.9. The van der Waals surface area contributed by atoms with Crippen molar-refractivity contribution in [2.75, 3.05) is 26.2 Å². The van der Waals surface area contributed by atoms with Crippen LogP contribution in [-0.2, 0) is 15.1 Å². The average Bonchev–Trinajstić information content (AvgIpc) is 3.21. The number of halogens is 1. The molecule has 3 aromatic rings. The lowest BCUT2D eigenvalue weighted by atomic mass is 9.76. The number of aliphatic hydroxyl groups is 1. The topological polar surface area (TPSA) is 76.6 Å². The van der Waals surface area contributed by atoms with Crippen LogP contribution in [0.1, 0.15) is 48.9 Å². The van der Waals surface area contributed by atoms with Crippen LogP contribution in [0.25, 0.3) is 10.9 Å². The first kappa shape index (κ1) is 22.0. The standard InChI is InChI=1S/C26H28ClN3O3/c1-26-24-23(19-7-3-4-8-21(19)28-24)20(17-9-11-18(27)12-10-17)15-30(26)22(32)16-29(25(26)33)13-5-2-6-14-31/h3-4,7-12,20,28,31H,2,5-6,13-16H2,1H3. The van der Waals surface area contributed by atoms with Crippen LogP contribution in [0.2, 0.25) is 5.02 Å². The van der Waals surface area contributed by atoms with Gasteiger partial charge in [0.05, 0.1) is 12.2 Å². The Morgan fingerprint density at radius 2 is 1.85 bits per heavy atom. The van der Waals surface area contributed by atoms with E-state index in [0.717, 1.165) is 40.6 Å². The number of H-pyrrole nitrogens is 1. The highest BCUT2D eigenvalue weighted by molar-refractivity contribution is 6.30. The molecule has 0 saturated carbocycles. The molecule has 2 aromatic carbocycles. The predicted octanol–water partition coefficient (Wildman–Crippen LogP) is 4.02. The van der Waals surface area contributed by atoms with Crippen molar-refractivity contribution in [3.05, 3.63) is 70.4 Å². The Kier molecular flexibility index (Phi) is 5.67. The number of carbonyl (C=O) groups excluding carboxylic acids is 2. The van der Waals surface area contributed by atoms with Gasteiger partial charge in [-0.1, -0.05) is 41.9 Å². The fraction of sp³-hybridized carbons (Fsp3) is 0.385. The van der Waals surface area contributed by atoms with Gasteiger partial charge < -0.3 is 19.9 Å². The smallest absolute Gasteiger partial charge is 0.254 e. The predicted molar refractivity (Wildman–Crippen MR) is 128 cm³/mol. The van der Waals surface area contributed by atoms with Gasteiger partial charge in [-0.15, -0.1) is 0 Å². The maximum absolute atomic E-state index is 13.9. The Morgan fingerprint density at radius 1 is 1.09 bits per heavy atom. The summed E-state index contributed by atoms with van der Waals surface area (Å²) in [4.78, 5) is 34.2. The van der Waals surface area contributed by atoms with Crippen LogP contribution in [0.4, 0.5) is 0 Å². The highest BCUT2D eigenvalue weighted by Crippen LogP contribution is 2.48. The number of amides is 2. The van der Waals surface area contributed by atoms with Gasteiger partial charge in [0.1, 0.15) is 0 Å². The van der Waals surface area contributed by atoms with E-state index in [1.807, 2.05) is 49.4 Å². The van der Waals surface area contributed by atoms with Gasteiger partial charge in [-0.2, -0.15) is 0 Å². The molecule has 2 atom stereocenters. The Balaban J connectivity index is 1.62. The van der Waals surface area contributed by atoms with E-state index in [1.54, 1.807) is 9.80 Å². The minimum Gasteiger partial charge on any atom is -0.396 e. The Morgan fingerprint density at radius 3 is 2.61 bits per heavy atom. The normalized spacial score (nSPS) is 22.6. The molecule has 3 heterocycles. The molecule has 2 amide bonds. The van der Waals surface area contributed by atoms with Crippen LogP contribution in [0, 0.1) is 0 Å². The third-order valence-corrected chi connectivity index (χ3v) is 7.43. The van der Waals surface area contributed by atoms with Crippen molar-refractivity contribution in [2.24, 2.45) is 0 Å². The van der Waals surface area contributed by atoms with Gasteiger partial charge in [0.15, 0.2) is 5.54 Å². The zero-order valence-electron chi connectivity index (χ0n) is 18.7. The second-order valence-electron chi connectivity index (χ2n) is 9.15. The Bertz CT molecular complexity index is 1210. The van der Waals surface area contributed by atoms with E-state index in [4.69, 9.17) is 16.7 Å². The molecule has 5 rings (SSSR count). The van der Waals surface area contributed by atoms with Crippen LogP contribution in [-0.4, -0.2) is 57.9 Å². The summed E-state index contributed by atoms with van der Waals surface area (Å²) in [6, 6.07) is 15.8. The van der Waals surface area contributed by atoms with Crippen molar-refractivity contribution >= 4 is 34.3 Å². The number of piperazine rings is 1. The van der Waals surface area contributed by atoms with Gasteiger partial charge in [0, 0.05) is 41.5 Å². The number of unbranched alkanes of at least 4 members (excludes halogenated alkanes) is 2. The van der Waals surface area contributed by atoms with E-state index >= 15 is 0 Å². The van der Waals surface area contributed by atoms with E-state index in [9.17, 15) is 9.59 Å². The molecule has 2 N–H and O–H groups in total. The summed E-state index contributed by atoms with van der Waals surface area (Å²) in [5.41, 5.74) is 2.83. The average molecular weight is 466 g/mol. The first-order chi connectivity index (χ1) is 15.9. The van der Waals surface area contributed by atoms with E-state index in [1.165, 1.54) is 0 Å². The second kappa shape index (κ2) is 8.50. The monoisotopic (exact) mass is 465 g/mol. The third-order valence-electron chi connectivity index (χ3n) is 7.18. The largest absolute Gasteiger partial charge is 0.396 e. The van der Waals surface area contributed by atoms with Crippen molar-refractivity contribution < 1.29 is 14.7 Å². The number of aromatic nitrogens is 1. The molecule has 33 heavy (non-hydrogen) atoms. The minimum atomic E-state index is -1.08. The first-order valence-corrected chi connectivity index (χ1v) is 11.9. The summed E-state index contributed by atoms with van der Waals surface area (Å²) in [5.74, 6) is -0.148. The molecule has 0 radical (unpaired) electrons. The number of nitrogens with one attached hydrogen (secondary N) is 1. The van der Waals surface area contributed by atoms with E-state index in [-0.39, 0.29) is 30.9 Å².